The summed E-state index contributed by atoms with van der Waals surface area (Å²) < 4.78 is 1.34. The number of aromatic nitrogens is 2. The molecule has 1 atom stereocenters. The molecule has 0 aliphatic carbocycles. The molecule has 0 saturated heterocycles. The highest BCUT2D eigenvalue weighted by atomic mass is 16.2. The number of nitrogens with zero attached hydrogens (tertiary/aromatic N) is 2. The highest BCUT2D eigenvalue weighted by molar-refractivity contribution is 5.79. The van der Waals surface area contributed by atoms with Gasteiger partial charge in [-0.3, -0.25) is 14.2 Å². The molecule has 1 unspecified atom stereocenters. The van der Waals surface area contributed by atoms with Gasteiger partial charge in [-0.15, -0.1) is 0 Å². The third-order valence-electron chi connectivity index (χ3n) is 4.70. The Kier molecular flexibility index (Phi) is 5.13. The van der Waals surface area contributed by atoms with Crippen molar-refractivity contribution < 1.29 is 4.79 Å². The van der Waals surface area contributed by atoms with Crippen LogP contribution in [0.25, 0.3) is 10.9 Å². The van der Waals surface area contributed by atoms with Crippen molar-refractivity contribution in [1.29, 1.82) is 0 Å². The zero-order valence-electron chi connectivity index (χ0n) is 16.2. The molecule has 3 rings (SSSR count). The van der Waals surface area contributed by atoms with E-state index in [0.29, 0.717) is 10.9 Å². The van der Waals surface area contributed by atoms with Crippen LogP contribution in [0.15, 0.2) is 59.7 Å². The molecule has 5 heteroatoms. The summed E-state index contributed by atoms with van der Waals surface area (Å²) in [4.78, 5) is 29.2. The van der Waals surface area contributed by atoms with Gasteiger partial charge >= 0.3 is 0 Å². The fraction of sp³-hybridized carbons (Fsp3) is 0.318. The van der Waals surface area contributed by atoms with Gasteiger partial charge < -0.3 is 5.32 Å². The van der Waals surface area contributed by atoms with Crippen molar-refractivity contribution >= 4 is 16.8 Å². The second-order valence-electron chi connectivity index (χ2n) is 7.86. The summed E-state index contributed by atoms with van der Waals surface area (Å²) in [7, 11) is 0. The van der Waals surface area contributed by atoms with Gasteiger partial charge in [0, 0.05) is 0 Å². The number of rotatable bonds is 4. The fourth-order valence-electron chi connectivity index (χ4n) is 3.02. The van der Waals surface area contributed by atoms with Gasteiger partial charge in [-0.2, -0.15) is 0 Å². The van der Waals surface area contributed by atoms with Crippen LogP contribution >= 0.6 is 0 Å². The Labute approximate surface area is 159 Å². The molecule has 0 fully saturated rings. The Hall–Kier alpha value is -2.95. The van der Waals surface area contributed by atoms with E-state index in [1.54, 1.807) is 18.2 Å². The highest BCUT2D eigenvalue weighted by Crippen LogP contribution is 2.23. The smallest absolute Gasteiger partial charge is 0.261 e. The van der Waals surface area contributed by atoms with Gasteiger partial charge in [0.1, 0.15) is 6.54 Å². The van der Waals surface area contributed by atoms with Crippen molar-refractivity contribution in [3.8, 4) is 0 Å². The average molecular weight is 363 g/mol. The Morgan fingerprint density at radius 2 is 1.78 bits per heavy atom. The first kappa shape index (κ1) is 18.8. The lowest BCUT2D eigenvalue weighted by molar-refractivity contribution is -0.122. The van der Waals surface area contributed by atoms with E-state index in [9.17, 15) is 9.59 Å². The first-order valence-corrected chi connectivity index (χ1v) is 9.10. The van der Waals surface area contributed by atoms with Crippen molar-refractivity contribution in [3.63, 3.8) is 0 Å². The molecule has 0 aliphatic heterocycles. The van der Waals surface area contributed by atoms with Crippen LogP contribution in [0.3, 0.4) is 0 Å². The predicted octanol–water partition coefficient (Wildman–Crippen LogP) is 3.57. The molecule has 0 saturated carbocycles. The van der Waals surface area contributed by atoms with Crippen LogP contribution in [0.5, 0.6) is 0 Å². The van der Waals surface area contributed by atoms with Gasteiger partial charge in [-0.25, -0.2) is 4.98 Å². The molecule has 1 N–H and O–H groups in total. The van der Waals surface area contributed by atoms with E-state index in [-0.39, 0.29) is 29.5 Å². The molecule has 1 aromatic heterocycles. The maximum absolute atomic E-state index is 12.5. The van der Waals surface area contributed by atoms with Crippen LogP contribution in [-0.4, -0.2) is 15.5 Å². The largest absolute Gasteiger partial charge is 0.348 e. The normalized spacial score (nSPS) is 12.7. The lowest BCUT2D eigenvalue weighted by Crippen LogP contribution is -2.34. The summed E-state index contributed by atoms with van der Waals surface area (Å²) in [6, 6.07) is 15.2. The van der Waals surface area contributed by atoms with Gasteiger partial charge in [0.25, 0.3) is 5.56 Å². The van der Waals surface area contributed by atoms with Crippen LogP contribution in [-0.2, 0) is 16.8 Å². The molecule has 1 amide bonds. The molecule has 0 spiro atoms. The maximum atomic E-state index is 12.5. The molecule has 0 aliphatic rings. The van der Waals surface area contributed by atoms with Crippen LogP contribution in [0.2, 0.25) is 0 Å². The third-order valence-corrected chi connectivity index (χ3v) is 4.70. The van der Waals surface area contributed by atoms with E-state index in [0.717, 1.165) is 5.56 Å². The number of hydrogen-bond donors (Lipinski definition) is 1. The molecule has 2 aromatic carbocycles. The number of benzene rings is 2. The van der Waals surface area contributed by atoms with Crippen molar-refractivity contribution in [2.24, 2.45) is 0 Å². The SMILES string of the molecule is CC(NC(=O)Cn1cnc2ccccc2c1=O)c1ccc(C(C)(C)C)cc1. The standard InChI is InChI=1S/C22H25N3O2/c1-15(16-9-11-17(12-10-16)22(2,3)4)24-20(26)13-25-14-23-19-8-6-5-7-18(19)21(25)27/h5-12,14-15H,13H2,1-4H3,(H,24,26). The lowest BCUT2D eigenvalue weighted by atomic mass is 9.86. The number of fused-ring (bicyclic) bond motifs is 1. The van der Waals surface area contributed by atoms with Crippen LogP contribution in [0, 0.1) is 0 Å². The van der Waals surface area contributed by atoms with E-state index >= 15 is 0 Å². The summed E-state index contributed by atoms with van der Waals surface area (Å²) in [6.45, 7) is 8.39. The predicted molar refractivity (Wildman–Crippen MR) is 108 cm³/mol. The first-order valence-electron chi connectivity index (χ1n) is 9.10. The zero-order chi connectivity index (χ0) is 19.6. The molecule has 3 aromatic rings. The number of carbonyl (C=O) groups is 1. The summed E-state index contributed by atoms with van der Waals surface area (Å²) in [5.41, 5.74) is 2.79. The monoisotopic (exact) mass is 363 g/mol. The Morgan fingerprint density at radius 3 is 2.44 bits per heavy atom. The second-order valence-corrected chi connectivity index (χ2v) is 7.86. The minimum absolute atomic E-state index is 0.0545. The van der Waals surface area contributed by atoms with Crippen molar-refractivity contribution in [2.75, 3.05) is 0 Å². The van der Waals surface area contributed by atoms with Gasteiger partial charge in [-0.05, 0) is 35.6 Å². The summed E-state index contributed by atoms with van der Waals surface area (Å²) in [6.07, 6.45) is 1.42. The summed E-state index contributed by atoms with van der Waals surface area (Å²) >= 11 is 0. The van der Waals surface area contributed by atoms with Crippen molar-refractivity contribution in [3.05, 3.63) is 76.3 Å². The van der Waals surface area contributed by atoms with Crippen molar-refractivity contribution in [1.82, 2.24) is 14.9 Å². The summed E-state index contributed by atoms with van der Waals surface area (Å²) in [5.74, 6) is -0.221. The molecule has 1 heterocycles. The Balaban J connectivity index is 1.70. The third kappa shape index (κ3) is 4.25. The van der Waals surface area contributed by atoms with Crippen molar-refractivity contribution in [2.45, 2.75) is 45.7 Å². The quantitative estimate of drug-likeness (QED) is 0.771. The Morgan fingerprint density at radius 1 is 1.11 bits per heavy atom. The second kappa shape index (κ2) is 7.35. The number of nitrogens with one attached hydrogen (secondary N) is 1. The van der Waals surface area contributed by atoms with Crippen LogP contribution < -0.4 is 10.9 Å². The number of carbonyl (C=O) groups excluding carboxylic acids is 1. The highest BCUT2D eigenvalue weighted by Gasteiger charge is 2.15. The molecule has 27 heavy (non-hydrogen) atoms. The minimum atomic E-state index is -0.221. The van der Waals surface area contributed by atoms with Gasteiger partial charge in [0.15, 0.2) is 0 Å². The first-order chi connectivity index (χ1) is 12.8. The van der Waals surface area contributed by atoms with E-state index in [1.165, 1.54) is 16.5 Å². The topological polar surface area (TPSA) is 64.0 Å². The Bertz CT molecular complexity index is 1010. The summed E-state index contributed by atoms with van der Waals surface area (Å²) in [5, 5.41) is 3.46. The maximum Gasteiger partial charge on any atom is 0.261 e. The average Bonchev–Trinajstić information content (AvgIpc) is 2.63. The molecule has 5 nitrogen and oxygen atoms in total. The number of amides is 1. The minimum Gasteiger partial charge on any atom is -0.348 e. The van der Waals surface area contributed by atoms with E-state index in [1.807, 2.05) is 25.1 Å². The van der Waals surface area contributed by atoms with E-state index in [2.05, 4.69) is 43.2 Å². The number of hydrogen-bond acceptors (Lipinski definition) is 3. The van der Waals surface area contributed by atoms with Crippen LogP contribution in [0.4, 0.5) is 0 Å². The van der Waals surface area contributed by atoms with Gasteiger partial charge in [0.2, 0.25) is 5.91 Å². The molecular formula is C22H25N3O2. The molecule has 140 valence electrons. The van der Waals surface area contributed by atoms with E-state index in [4.69, 9.17) is 0 Å². The zero-order valence-corrected chi connectivity index (χ0v) is 16.2. The fourth-order valence-corrected chi connectivity index (χ4v) is 3.02. The lowest BCUT2D eigenvalue weighted by Gasteiger charge is -2.21. The van der Waals surface area contributed by atoms with Crippen LogP contribution in [0.1, 0.15) is 44.9 Å². The van der Waals surface area contributed by atoms with Gasteiger partial charge in [0.05, 0.1) is 23.3 Å². The molecular weight excluding hydrogens is 338 g/mol. The van der Waals surface area contributed by atoms with Gasteiger partial charge in [-0.1, -0.05) is 57.2 Å². The molecule has 0 bridgehead atoms. The molecule has 0 radical (unpaired) electrons. The van der Waals surface area contributed by atoms with E-state index < -0.39 is 0 Å². The number of para-hydroxylation sites is 1.